The zero-order chi connectivity index (χ0) is 15.6. The van der Waals surface area contributed by atoms with E-state index in [4.69, 9.17) is 0 Å². The fourth-order valence-electron chi connectivity index (χ4n) is 4.17. The number of nitrogens with zero attached hydrogens (tertiary/aromatic N) is 2. The van der Waals surface area contributed by atoms with E-state index in [9.17, 15) is 4.79 Å². The van der Waals surface area contributed by atoms with Gasteiger partial charge in [-0.2, -0.15) is 0 Å². The Hall–Kier alpha value is -0.620. The minimum absolute atomic E-state index is 0. The lowest BCUT2D eigenvalue weighted by molar-refractivity contribution is 0.0588. The third-order valence-electron chi connectivity index (χ3n) is 5.61. The SMILES string of the molecule is Cl.O=C(c1cc2c(s1)CCCCC2)N1CCN(C2CCNC2)CC1. The fraction of sp³-hybridized carbons (Fsp3) is 0.722. The van der Waals surface area contributed by atoms with Gasteiger partial charge in [-0.25, -0.2) is 0 Å². The molecule has 3 aliphatic rings. The van der Waals surface area contributed by atoms with E-state index in [0.29, 0.717) is 6.04 Å². The van der Waals surface area contributed by atoms with Gasteiger partial charge >= 0.3 is 0 Å². The van der Waals surface area contributed by atoms with Crippen molar-refractivity contribution in [3.05, 3.63) is 21.4 Å². The van der Waals surface area contributed by atoms with Crippen molar-refractivity contribution in [3.63, 3.8) is 0 Å². The largest absolute Gasteiger partial charge is 0.335 e. The Morgan fingerprint density at radius 3 is 2.67 bits per heavy atom. The predicted molar refractivity (Wildman–Crippen MR) is 102 cm³/mol. The van der Waals surface area contributed by atoms with Gasteiger partial charge in [0.15, 0.2) is 0 Å². The number of aryl methyl sites for hydroxylation is 2. The maximum atomic E-state index is 12.8. The molecule has 1 aromatic rings. The van der Waals surface area contributed by atoms with E-state index in [1.54, 1.807) is 11.3 Å². The molecule has 0 aromatic carbocycles. The number of halogens is 1. The third kappa shape index (κ3) is 3.79. The average Bonchev–Trinajstić information content (AvgIpc) is 3.21. The standard InChI is InChI=1S/C18H27N3OS.ClH/c22-18(17-12-14-4-2-1-3-5-16(14)23-17)21-10-8-20(9-11-21)15-6-7-19-13-15;/h12,15,19H,1-11,13H2;1H. The predicted octanol–water partition coefficient (Wildman–Crippen LogP) is 2.56. The number of hydrogen-bond donors (Lipinski definition) is 1. The van der Waals surface area contributed by atoms with Gasteiger partial charge in [0.25, 0.3) is 5.91 Å². The lowest BCUT2D eigenvalue weighted by Gasteiger charge is -2.37. The fourth-order valence-corrected chi connectivity index (χ4v) is 5.39. The van der Waals surface area contributed by atoms with E-state index in [-0.39, 0.29) is 18.3 Å². The Morgan fingerprint density at radius 2 is 1.92 bits per heavy atom. The summed E-state index contributed by atoms with van der Waals surface area (Å²) in [5.74, 6) is 0.271. The highest BCUT2D eigenvalue weighted by Crippen LogP contribution is 2.30. The molecule has 6 heteroatoms. The van der Waals surface area contributed by atoms with Crippen LogP contribution in [-0.4, -0.2) is 61.0 Å². The Morgan fingerprint density at radius 1 is 1.12 bits per heavy atom. The lowest BCUT2D eigenvalue weighted by Crippen LogP contribution is -2.52. The minimum Gasteiger partial charge on any atom is -0.335 e. The molecular formula is C18H28ClN3OS. The summed E-state index contributed by atoms with van der Waals surface area (Å²) >= 11 is 1.76. The van der Waals surface area contributed by atoms with E-state index in [1.165, 1.54) is 49.0 Å². The first-order valence-corrected chi connectivity index (χ1v) is 9.98. The molecule has 2 saturated heterocycles. The number of rotatable bonds is 2. The zero-order valence-electron chi connectivity index (χ0n) is 14.3. The Balaban J connectivity index is 0.00000169. The summed E-state index contributed by atoms with van der Waals surface area (Å²) in [4.78, 5) is 19.9. The Bertz CT molecular complexity index is 539. The number of hydrogen-bond acceptors (Lipinski definition) is 4. The van der Waals surface area contributed by atoms with E-state index in [2.05, 4.69) is 21.2 Å². The van der Waals surface area contributed by atoms with Crippen molar-refractivity contribution >= 4 is 29.7 Å². The monoisotopic (exact) mass is 369 g/mol. The number of piperazine rings is 1. The first-order chi connectivity index (χ1) is 11.3. The van der Waals surface area contributed by atoms with Crippen molar-refractivity contribution in [2.45, 2.75) is 44.6 Å². The highest BCUT2D eigenvalue weighted by Gasteiger charge is 2.29. The molecule has 1 atom stereocenters. The van der Waals surface area contributed by atoms with Crippen LogP contribution >= 0.6 is 23.7 Å². The summed E-state index contributed by atoms with van der Waals surface area (Å²) in [7, 11) is 0. The number of carbonyl (C=O) groups is 1. The number of carbonyl (C=O) groups excluding carboxylic acids is 1. The number of amides is 1. The van der Waals surface area contributed by atoms with Crippen LogP contribution in [0, 0.1) is 0 Å². The third-order valence-corrected chi connectivity index (χ3v) is 6.83. The maximum Gasteiger partial charge on any atom is 0.264 e. The number of fused-ring (bicyclic) bond motifs is 1. The first-order valence-electron chi connectivity index (χ1n) is 9.17. The van der Waals surface area contributed by atoms with Gasteiger partial charge in [-0.1, -0.05) is 6.42 Å². The molecule has 1 amide bonds. The quantitative estimate of drug-likeness (QED) is 0.814. The second-order valence-corrected chi connectivity index (χ2v) is 8.23. The molecule has 0 saturated carbocycles. The van der Waals surface area contributed by atoms with Crippen LogP contribution in [0.2, 0.25) is 0 Å². The van der Waals surface area contributed by atoms with E-state index < -0.39 is 0 Å². The molecule has 1 aliphatic carbocycles. The summed E-state index contributed by atoms with van der Waals surface area (Å²) in [5, 5.41) is 3.44. The van der Waals surface area contributed by atoms with Crippen LogP contribution in [0.4, 0.5) is 0 Å². The van der Waals surface area contributed by atoms with Crippen molar-refractivity contribution in [1.29, 1.82) is 0 Å². The van der Waals surface area contributed by atoms with Gasteiger partial charge in [0, 0.05) is 43.6 Å². The summed E-state index contributed by atoms with van der Waals surface area (Å²) in [6, 6.07) is 2.88. The van der Waals surface area contributed by atoms with E-state index >= 15 is 0 Å². The molecule has 0 spiro atoms. The maximum absolute atomic E-state index is 12.8. The Labute approximate surface area is 155 Å². The zero-order valence-corrected chi connectivity index (χ0v) is 15.9. The van der Waals surface area contributed by atoms with Gasteiger partial charge < -0.3 is 10.2 Å². The molecule has 1 unspecified atom stereocenters. The van der Waals surface area contributed by atoms with Crippen LogP contribution in [0.3, 0.4) is 0 Å². The lowest BCUT2D eigenvalue weighted by atomic mass is 10.1. The molecule has 4 rings (SSSR count). The first kappa shape index (κ1) is 18.2. The number of nitrogens with one attached hydrogen (secondary N) is 1. The van der Waals surface area contributed by atoms with Crippen LogP contribution in [0.15, 0.2) is 6.07 Å². The van der Waals surface area contributed by atoms with Crippen molar-refractivity contribution in [1.82, 2.24) is 15.1 Å². The molecule has 0 bridgehead atoms. The normalized spacial score (nSPS) is 25.0. The van der Waals surface area contributed by atoms with Gasteiger partial charge in [0.05, 0.1) is 4.88 Å². The molecule has 0 radical (unpaired) electrons. The van der Waals surface area contributed by atoms with Gasteiger partial charge in [0.2, 0.25) is 0 Å². The number of thiophene rings is 1. The highest BCUT2D eigenvalue weighted by molar-refractivity contribution is 7.14. The van der Waals surface area contributed by atoms with Crippen LogP contribution in [0.25, 0.3) is 0 Å². The summed E-state index contributed by atoms with van der Waals surface area (Å²) < 4.78 is 0. The van der Waals surface area contributed by atoms with Crippen LogP contribution in [0.1, 0.15) is 45.8 Å². The van der Waals surface area contributed by atoms with Crippen molar-refractivity contribution < 1.29 is 4.79 Å². The second kappa shape index (κ2) is 8.17. The molecule has 3 heterocycles. The molecule has 2 aliphatic heterocycles. The second-order valence-electron chi connectivity index (χ2n) is 7.09. The van der Waals surface area contributed by atoms with Crippen LogP contribution in [0.5, 0.6) is 0 Å². The van der Waals surface area contributed by atoms with Crippen molar-refractivity contribution in [2.75, 3.05) is 39.3 Å². The van der Waals surface area contributed by atoms with E-state index in [1.807, 2.05) is 0 Å². The highest BCUT2D eigenvalue weighted by atomic mass is 35.5. The average molecular weight is 370 g/mol. The van der Waals surface area contributed by atoms with Crippen LogP contribution < -0.4 is 5.32 Å². The molecule has 4 nitrogen and oxygen atoms in total. The topological polar surface area (TPSA) is 35.6 Å². The molecule has 2 fully saturated rings. The summed E-state index contributed by atoms with van der Waals surface area (Å²) in [6.07, 6.45) is 7.51. The molecular weight excluding hydrogens is 342 g/mol. The van der Waals surface area contributed by atoms with Gasteiger partial charge in [-0.05, 0) is 50.3 Å². The van der Waals surface area contributed by atoms with Gasteiger partial charge in [0.1, 0.15) is 0 Å². The summed E-state index contributed by atoms with van der Waals surface area (Å²) in [6.45, 7) is 6.10. The van der Waals surface area contributed by atoms with Crippen LogP contribution in [-0.2, 0) is 12.8 Å². The molecule has 134 valence electrons. The Kier molecular flexibility index (Phi) is 6.19. The molecule has 1 N–H and O–H groups in total. The smallest absolute Gasteiger partial charge is 0.264 e. The summed E-state index contributed by atoms with van der Waals surface area (Å²) in [5.41, 5.74) is 1.45. The minimum atomic E-state index is 0. The van der Waals surface area contributed by atoms with Gasteiger partial charge in [-0.3, -0.25) is 9.69 Å². The molecule has 1 aromatic heterocycles. The van der Waals surface area contributed by atoms with Crippen molar-refractivity contribution in [3.8, 4) is 0 Å². The van der Waals surface area contributed by atoms with Gasteiger partial charge in [-0.15, -0.1) is 23.7 Å². The molecule has 24 heavy (non-hydrogen) atoms. The van der Waals surface area contributed by atoms with E-state index in [0.717, 1.165) is 44.1 Å². The van der Waals surface area contributed by atoms with Crippen molar-refractivity contribution in [2.24, 2.45) is 0 Å².